The lowest BCUT2D eigenvalue weighted by atomic mass is 10.0. The molecule has 0 aromatic heterocycles. The van der Waals surface area contributed by atoms with E-state index in [1.165, 1.54) is 6.42 Å². The van der Waals surface area contributed by atoms with Gasteiger partial charge >= 0.3 is 0 Å². The Kier molecular flexibility index (Phi) is 10.1. The third kappa shape index (κ3) is 6.56. The van der Waals surface area contributed by atoms with Gasteiger partial charge in [-0.25, -0.2) is 0 Å². The zero-order chi connectivity index (χ0) is 14.5. The lowest BCUT2D eigenvalue weighted by molar-refractivity contribution is 0.103. The number of hydrogen-bond donors (Lipinski definition) is 0. The summed E-state index contributed by atoms with van der Waals surface area (Å²) >= 11 is 0. The SMILES string of the molecule is CC.CCC.O=C(c1ccccc1)c1ccccc1. The van der Waals surface area contributed by atoms with Gasteiger partial charge < -0.3 is 0 Å². The predicted molar refractivity (Wildman–Crippen MR) is 83.6 cm³/mol. The van der Waals surface area contributed by atoms with Crippen LogP contribution < -0.4 is 0 Å². The Morgan fingerprint density at radius 1 is 0.737 bits per heavy atom. The fourth-order valence-corrected chi connectivity index (χ4v) is 1.35. The minimum absolute atomic E-state index is 0.0752. The molecule has 0 saturated heterocycles. The number of ketones is 1. The van der Waals surface area contributed by atoms with Gasteiger partial charge in [-0.2, -0.15) is 0 Å². The maximum absolute atomic E-state index is 11.8. The van der Waals surface area contributed by atoms with Gasteiger partial charge in [-0.15, -0.1) is 0 Å². The molecule has 0 radical (unpaired) electrons. The third-order valence-corrected chi connectivity index (χ3v) is 2.07. The molecule has 1 heteroatoms. The van der Waals surface area contributed by atoms with Gasteiger partial charge in [0.1, 0.15) is 0 Å². The minimum atomic E-state index is 0.0752. The van der Waals surface area contributed by atoms with Gasteiger partial charge in [-0.3, -0.25) is 4.79 Å². The summed E-state index contributed by atoms with van der Waals surface area (Å²) in [4.78, 5) is 11.8. The molecule has 0 fully saturated rings. The van der Waals surface area contributed by atoms with Crippen LogP contribution in [0.15, 0.2) is 60.7 Å². The standard InChI is InChI=1S/C13H10O.C3H8.C2H6/c14-13(11-7-3-1-4-8-11)12-9-5-2-6-10-12;1-3-2;1-2/h1-10H;3H2,1-2H3;1-2H3. The molecule has 2 aromatic rings. The number of rotatable bonds is 2. The summed E-state index contributed by atoms with van der Waals surface area (Å²) in [7, 11) is 0. The highest BCUT2D eigenvalue weighted by Crippen LogP contribution is 2.08. The summed E-state index contributed by atoms with van der Waals surface area (Å²) in [5.74, 6) is 0.0752. The molecular weight excluding hydrogens is 232 g/mol. The van der Waals surface area contributed by atoms with Crippen LogP contribution in [0.3, 0.4) is 0 Å². The summed E-state index contributed by atoms with van der Waals surface area (Å²) in [6.45, 7) is 8.25. The second-order valence-corrected chi connectivity index (χ2v) is 3.77. The van der Waals surface area contributed by atoms with Crippen LogP contribution in [0.2, 0.25) is 0 Å². The zero-order valence-electron chi connectivity index (χ0n) is 12.4. The van der Waals surface area contributed by atoms with Gasteiger partial charge in [0.2, 0.25) is 0 Å². The van der Waals surface area contributed by atoms with E-state index in [9.17, 15) is 4.79 Å². The molecule has 1 nitrogen and oxygen atoms in total. The maximum atomic E-state index is 11.8. The first-order valence-corrected chi connectivity index (χ1v) is 6.94. The highest BCUT2D eigenvalue weighted by Gasteiger charge is 2.06. The summed E-state index contributed by atoms with van der Waals surface area (Å²) in [6.07, 6.45) is 1.25. The Labute approximate surface area is 117 Å². The Morgan fingerprint density at radius 2 is 1.00 bits per heavy atom. The van der Waals surface area contributed by atoms with E-state index in [-0.39, 0.29) is 5.78 Å². The quantitative estimate of drug-likeness (QED) is 0.661. The van der Waals surface area contributed by atoms with Crippen LogP contribution in [0.4, 0.5) is 0 Å². The molecule has 0 bridgehead atoms. The molecule has 0 aliphatic heterocycles. The van der Waals surface area contributed by atoms with E-state index in [4.69, 9.17) is 0 Å². The molecule has 0 atom stereocenters. The van der Waals surface area contributed by atoms with E-state index in [2.05, 4.69) is 13.8 Å². The molecule has 2 rings (SSSR count). The fourth-order valence-electron chi connectivity index (χ4n) is 1.35. The zero-order valence-corrected chi connectivity index (χ0v) is 12.4. The second-order valence-electron chi connectivity index (χ2n) is 3.77. The molecular formula is C18H24O. The highest BCUT2D eigenvalue weighted by atomic mass is 16.1. The van der Waals surface area contributed by atoms with Gasteiger partial charge in [0.05, 0.1) is 0 Å². The van der Waals surface area contributed by atoms with Crippen molar-refractivity contribution in [2.75, 3.05) is 0 Å². The molecule has 0 aliphatic carbocycles. The van der Waals surface area contributed by atoms with Crippen molar-refractivity contribution >= 4 is 5.78 Å². The van der Waals surface area contributed by atoms with Gasteiger partial charge in [0.15, 0.2) is 5.78 Å². The first-order valence-electron chi connectivity index (χ1n) is 6.94. The van der Waals surface area contributed by atoms with Crippen molar-refractivity contribution in [1.82, 2.24) is 0 Å². The first-order chi connectivity index (χ1) is 9.29. The fraction of sp³-hybridized carbons (Fsp3) is 0.278. The van der Waals surface area contributed by atoms with E-state index >= 15 is 0 Å². The van der Waals surface area contributed by atoms with Crippen LogP contribution >= 0.6 is 0 Å². The first kappa shape index (κ1) is 17.1. The molecule has 0 heterocycles. The van der Waals surface area contributed by atoms with Crippen LogP contribution in [-0.4, -0.2) is 5.78 Å². The second kappa shape index (κ2) is 11.2. The minimum Gasteiger partial charge on any atom is -0.289 e. The van der Waals surface area contributed by atoms with E-state index in [1.807, 2.05) is 74.5 Å². The van der Waals surface area contributed by atoms with Crippen LogP contribution in [0.1, 0.15) is 50.0 Å². The third-order valence-electron chi connectivity index (χ3n) is 2.07. The van der Waals surface area contributed by atoms with Gasteiger partial charge in [0, 0.05) is 11.1 Å². The summed E-state index contributed by atoms with van der Waals surface area (Å²) in [6, 6.07) is 18.6. The van der Waals surface area contributed by atoms with Crippen molar-refractivity contribution in [3.8, 4) is 0 Å². The van der Waals surface area contributed by atoms with E-state index < -0.39 is 0 Å². The van der Waals surface area contributed by atoms with Gasteiger partial charge in [0.25, 0.3) is 0 Å². The molecule has 0 aliphatic rings. The monoisotopic (exact) mass is 256 g/mol. The van der Waals surface area contributed by atoms with Crippen LogP contribution in [0, 0.1) is 0 Å². The molecule has 0 unspecified atom stereocenters. The van der Waals surface area contributed by atoms with Crippen LogP contribution in [-0.2, 0) is 0 Å². The summed E-state index contributed by atoms with van der Waals surface area (Å²) < 4.78 is 0. The highest BCUT2D eigenvalue weighted by molar-refractivity contribution is 6.08. The molecule has 0 amide bonds. The Bertz CT molecular complexity index is 390. The van der Waals surface area contributed by atoms with Crippen molar-refractivity contribution in [2.24, 2.45) is 0 Å². The Morgan fingerprint density at radius 3 is 1.26 bits per heavy atom. The molecule has 102 valence electrons. The smallest absolute Gasteiger partial charge is 0.193 e. The van der Waals surface area contributed by atoms with Gasteiger partial charge in [-0.1, -0.05) is 94.8 Å². The number of carbonyl (C=O) groups excluding carboxylic acids is 1. The van der Waals surface area contributed by atoms with Crippen LogP contribution in [0.5, 0.6) is 0 Å². The topological polar surface area (TPSA) is 17.1 Å². The average molecular weight is 256 g/mol. The normalized spacial score (nSPS) is 8.42. The number of carbonyl (C=O) groups is 1. The molecule has 0 saturated carbocycles. The molecule has 0 N–H and O–H groups in total. The lowest BCUT2D eigenvalue weighted by Crippen LogP contribution is -1.99. The lowest BCUT2D eigenvalue weighted by Gasteiger charge is -1.99. The maximum Gasteiger partial charge on any atom is 0.193 e. The Balaban J connectivity index is 0.000000573. The van der Waals surface area contributed by atoms with Crippen LogP contribution in [0.25, 0.3) is 0 Å². The Hall–Kier alpha value is -1.89. The van der Waals surface area contributed by atoms with Gasteiger partial charge in [-0.05, 0) is 0 Å². The van der Waals surface area contributed by atoms with E-state index in [0.29, 0.717) is 0 Å². The number of hydrogen-bond acceptors (Lipinski definition) is 1. The van der Waals surface area contributed by atoms with E-state index in [0.717, 1.165) is 11.1 Å². The molecule has 2 aromatic carbocycles. The predicted octanol–water partition coefficient (Wildman–Crippen LogP) is 5.36. The summed E-state index contributed by atoms with van der Waals surface area (Å²) in [5.41, 5.74) is 1.47. The average Bonchev–Trinajstić information content (AvgIpc) is 2.51. The van der Waals surface area contributed by atoms with Crippen molar-refractivity contribution < 1.29 is 4.79 Å². The van der Waals surface area contributed by atoms with Crippen molar-refractivity contribution in [1.29, 1.82) is 0 Å². The molecule has 0 spiro atoms. The van der Waals surface area contributed by atoms with Crippen molar-refractivity contribution in [3.63, 3.8) is 0 Å². The number of benzene rings is 2. The van der Waals surface area contributed by atoms with E-state index in [1.54, 1.807) is 0 Å². The molecule has 19 heavy (non-hydrogen) atoms. The summed E-state index contributed by atoms with van der Waals surface area (Å²) in [5, 5.41) is 0. The largest absolute Gasteiger partial charge is 0.289 e. The van der Waals surface area contributed by atoms with Crippen molar-refractivity contribution in [2.45, 2.75) is 34.1 Å². The van der Waals surface area contributed by atoms with Crippen molar-refractivity contribution in [3.05, 3.63) is 71.8 Å².